The van der Waals surface area contributed by atoms with Gasteiger partial charge in [0.2, 0.25) is 0 Å². The van der Waals surface area contributed by atoms with Crippen molar-refractivity contribution in [2.45, 2.75) is 18.9 Å². The van der Waals surface area contributed by atoms with E-state index in [2.05, 4.69) is 0 Å². The zero-order valence-corrected chi connectivity index (χ0v) is 7.84. The molecule has 0 aliphatic heterocycles. The highest BCUT2D eigenvalue weighted by molar-refractivity contribution is 6.32. The highest BCUT2D eigenvalue weighted by Gasteiger charge is 2.25. The lowest BCUT2D eigenvalue weighted by Crippen LogP contribution is -2.35. The van der Waals surface area contributed by atoms with E-state index in [9.17, 15) is 4.79 Å². The third-order valence-corrected chi connectivity index (χ3v) is 2.78. The Morgan fingerprint density at radius 1 is 1.46 bits per heavy atom. The zero-order chi connectivity index (χ0) is 9.42. The number of carbonyl (C=O) groups is 1. The lowest BCUT2D eigenvalue weighted by atomic mass is 9.88. The van der Waals surface area contributed by atoms with Gasteiger partial charge < -0.3 is 5.73 Å². The molecule has 0 fully saturated rings. The van der Waals surface area contributed by atoms with E-state index in [1.165, 1.54) is 0 Å². The predicted molar refractivity (Wildman–Crippen MR) is 52.1 cm³/mol. The number of Topliss-reactive ketones (excluding diaryl/α,β-unsaturated/α-hetero) is 1. The maximum absolute atomic E-state index is 11.6. The number of hydrogen-bond donors (Lipinski definition) is 1. The van der Waals surface area contributed by atoms with E-state index in [0.717, 1.165) is 12.0 Å². The maximum Gasteiger partial charge on any atom is 0.179 e. The molecule has 0 saturated heterocycles. The molecule has 0 bridgehead atoms. The van der Waals surface area contributed by atoms with Crippen LogP contribution in [-0.4, -0.2) is 11.8 Å². The Bertz CT molecular complexity index is 362. The predicted octanol–water partition coefficient (Wildman–Crippen LogP) is 1.80. The fraction of sp³-hybridized carbons (Fsp3) is 0.300. The molecule has 0 radical (unpaired) electrons. The monoisotopic (exact) mass is 195 g/mol. The van der Waals surface area contributed by atoms with Crippen molar-refractivity contribution in [3.05, 3.63) is 34.3 Å². The van der Waals surface area contributed by atoms with Crippen LogP contribution in [0.4, 0.5) is 0 Å². The van der Waals surface area contributed by atoms with E-state index in [1.807, 2.05) is 6.07 Å². The largest absolute Gasteiger partial charge is 0.321 e. The van der Waals surface area contributed by atoms with Crippen molar-refractivity contribution in [3.63, 3.8) is 0 Å². The van der Waals surface area contributed by atoms with Crippen LogP contribution in [0.2, 0.25) is 5.02 Å². The molecule has 0 aromatic heterocycles. The smallest absolute Gasteiger partial charge is 0.179 e. The van der Waals surface area contributed by atoms with Crippen LogP contribution in [0.3, 0.4) is 0 Å². The minimum Gasteiger partial charge on any atom is -0.321 e. The molecule has 1 aliphatic rings. The Hall–Kier alpha value is -0.860. The summed E-state index contributed by atoms with van der Waals surface area (Å²) in [5.74, 6) is 0.0174. The fourth-order valence-electron chi connectivity index (χ4n) is 1.67. The average Bonchev–Trinajstić information content (AvgIpc) is 2.12. The van der Waals surface area contributed by atoms with E-state index in [1.54, 1.807) is 12.1 Å². The van der Waals surface area contributed by atoms with Gasteiger partial charge in [-0.25, -0.2) is 0 Å². The van der Waals surface area contributed by atoms with Crippen molar-refractivity contribution in [1.82, 2.24) is 0 Å². The lowest BCUT2D eigenvalue weighted by Gasteiger charge is -2.20. The van der Waals surface area contributed by atoms with Gasteiger partial charge in [0.25, 0.3) is 0 Å². The van der Waals surface area contributed by atoms with E-state index in [0.29, 0.717) is 17.0 Å². The molecule has 2 N–H and O–H groups in total. The summed E-state index contributed by atoms with van der Waals surface area (Å²) in [6.45, 7) is 0. The number of rotatable bonds is 0. The summed E-state index contributed by atoms with van der Waals surface area (Å²) in [5.41, 5.74) is 7.31. The normalized spacial score (nSPS) is 21.4. The number of ketones is 1. The molecule has 68 valence electrons. The summed E-state index contributed by atoms with van der Waals surface area (Å²) in [6.07, 6.45) is 1.51. The number of halogens is 1. The molecular weight excluding hydrogens is 186 g/mol. The number of fused-ring (bicyclic) bond motifs is 1. The highest BCUT2D eigenvalue weighted by atomic mass is 35.5. The number of nitrogens with two attached hydrogens (primary N) is 1. The standard InChI is InChI=1S/C10H10ClNO/c11-8-3-1-2-7-6(8)4-5-9(12)10(7)13/h1-3,9H,4-5,12H2/t9-/m0/s1. The molecule has 2 rings (SSSR count). The first-order valence-electron chi connectivity index (χ1n) is 4.27. The molecule has 0 saturated carbocycles. The van der Waals surface area contributed by atoms with Crippen LogP contribution in [0.25, 0.3) is 0 Å². The third-order valence-electron chi connectivity index (χ3n) is 2.43. The lowest BCUT2D eigenvalue weighted by molar-refractivity contribution is 0.0948. The van der Waals surface area contributed by atoms with Crippen LogP contribution < -0.4 is 5.73 Å². The summed E-state index contributed by atoms with van der Waals surface area (Å²) in [4.78, 5) is 11.6. The van der Waals surface area contributed by atoms with Crippen LogP contribution in [-0.2, 0) is 6.42 Å². The first-order chi connectivity index (χ1) is 6.20. The molecule has 3 heteroatoms. The van der Waals surface area contributed by atoms with Crippen LogP contribution >= 0.6 is 11.6 Å². The SMILES string of the molecule is N[C@H]1CCc2c(Cl)cccc2C1=O. The van der Waals surface area contributed by atoms with Crippen molar-refractivity contribution in [2.75, 3.05) is 0 Å². The molecule has 1 aromatic rings. The molecule has 13 heavy (non-hydrogen) atoms. The Morgan fingerprint density at radius 2 is 2.23 bits per heavy atom. The van der Waals surface area contributed by atoms with Gasteiger partial charge in [-0.2, -0.15) is 0 Å². The molecule has 1 aromatic carbocycles. The Labute approximate surface area is 81.7 Å². The van der Waals surface area contributed by atoms with Gasteiger partial charge in [-0.05, 0) is 24.5 Å². The molecule has 0 unspecified atom stereocenters. The van der Waals surface area contributed by atoms with Gasteiger partial charge in [-0.1, -0.05) is 23.7 Å². The molecular formula is C10H10ClNO. The molecule has 2 nitrogen and oxygen atoms in total. The maximum atomic E-state index is 11.6. The van der Waals surface area contributed by atoms with Crippen LogP contribution in [0, 0.1) is 0 Å². The summed E-state index contributed by atoms with van der Waals surface area (Å²) in [6, 6.07) is 5.05. The Balaban J connectivity index is 2.55. The van der Waals surface area contributed by atoms with Crippen molar-refractivity contribution < 1.29 is 4.79 Å². The second-order valence-electron chi connectivity index (χ2n) is 3.28. The highest BCUT2D eigenvalue weighted by Crippen LogP contribution is 2.26. The van der Waals surface area contributed by atoms with Gasteiger partial charge >= 0.3 is 0 Å². The molecule has 1 aliphatic carbocycles. The third kappa shape index (κ3) is 1.36. The van der Waals surface area contributed by atoms with Gasteiger partial charge in [0.1, 0.15) is 0 Å². The molecule has 0 heterocycles. The van der Waals surface area contributed by atoms with Gasteiger partial charge in [-0.3, -0.25) is 4.79 Å². The van der Waals surface area contributed by atoms with Gasteiger partial charge in [0.15, 0.2) is 5.78 Å². The number of hydrogen-bond acceptors (Lipinski definition) is 2. The zero-order valence-electron chi connectivity index (χ0n) is 7.09. The second kappa shape index (κ2) is 3.13. The summed E-state index contributed by atoms with van der Waals surface area (Å²) in [5, 5.41) is 0.678. The van der Waals surface area contributed by atoms with Gasteiger partial charge in [0, 0.05) is 10.6 Å². The Kier molecular flexibility index (Phi) is 2.10. The average molecular weight is 196 g/mol. The van der Waals surface area contributed by atoms with Crippen molar-refractivity contribution in [1.29, 1.82) is 0 Å². The summed E-state index contributed by atoms with van der Waals surface area (Å²) < 4.78 is 0. The van der Waals surface area contributed by atoms with E-state index >= 15 is 0 Å². The van der Waals surface area contributed by atoms with Crippen molar-refractivity contribution >= 4 is 17.4 Å². The van der Waals surface area contributed by atoms with Crippen molar-refractivity contribution in [2.24, 2.45) is 5.73 Å². The minimum atomic E-state index is -0.342. The summed E-state index contributed by atoms with van der Waals surface area (Å²) >= 11 is 5.96. The van der Waals surface area contributed by atoms with Gasteiger partial charge in [0.05, 0.1) is 6.04 Å². The Morgan fingerprint density at radius 3 is 3.00 bits per heavy atom. The van der Waals surface area contributed by atoms with Crippen LogP contribution in [0.15, 0.2) is 18.2 Å². The molecule has 0 spiro atoms. The van der Waals surface area contributed by atoms with E-state index < -0.39 is 0 Å². The second-order valence-corrected chi connectivity index (χ2v) is 3.68. The van der Waals surface area contributed by atoms with Crippen LogP contribution in [0.5, 0.6) is 0 Å². The number of benzene rings is 1. The van der Waals surface area contributed by atoms with Crippen LogP contribution in [0.1, 0.15) is 22.3 Å². The minimum absolute atomic E-state index is 0.0174. The van der Waals surface area contributed by atoms with Crippen molar-refractivity contribution in [3.8, 4) is 0 Å². The first kappa shape index (κ1) is 8.73. The summed E-state index contributed by atoms with van der Waals surface area (Å²) in [7, 11) is 0. The molecule has 1 atom stereocenters. The molecule has 0 amide bonds. The topological polar surface area (TPSA) is 43.1 Å². The fourth-order valence-corrected chi connectivity index (χ4v) is 1.94. The number of carbonyl (C=O) groups excluding carboxylic acids is 1. The van der Waals surface area contributed by atoms with Gasteiger partial charge in [-0.15, -0.1) is 0 Å². The quantitative estimate of drug-likeness (QED) is 0.686. The van der Waals surface area contributed by atoms with E-state index in [-0.39, 0.29) is 11.8 Å². The first-order valence-corrected chi connectivity index (χ1v) is 4.65. The van der Waals surface area contributed by atoms with E-state index in [4.69, 9.17) is 17.3 Å².